The van der Waals surface area contributed by atoms with Crippen molar-refractivity contribution in [3.8, 4) is 5.75 Å². The number of anilines is 1. The Kier molecular flexibility index (Phi) is 5.65. The minimum absolute atomic E-state index is 0.0432. The van der Waals surface area contributed by atoms with Crippen LogP contribution in [-0.4, -0.2) is 41.5 Å². The first kappa shape index (κ1) is 18.1. The van der Waals surface area contributed by atoms with E-state index < -0.39 is 5.92 Å². The maximum atomic E-state index is 13.2. The average Bonchev–Trinajstić information content (AvgIpc) is 2.64. The number of nitrogens with one attached hydrogen (secondary N) is 1. The molecule has 26 heavy (non-hydrogen) atoms. The van der Waals surface area contributed by atoms with Gasteiger partial charge in [0.15, 0.2) is 0 Å². The lowest BCUT2D eigenvalue weighted by molar-refractivity contribution is -0.0461. The topological polar surface area (TPSA) is 54.5 Å². The molecule has 0 saturated carbocycles. The fourth-order valence-electron chi connectivity index (χ4n) is 2.74. The summed E-state index contributed by atoms with van der Waals surface area (Å²) in [6, 6.07) is 12.4. The van der Waals surface area contributed by atoms with Crippen LogP contribution in [0.3, 0.4) is 0 Å². The Bertz CT molecular complexity index is 731. The van der Waals surface area contributed by atoms with E-state index in [1.165, 1.54) is 4.90 Å². The number of halogens is 2. The number of amides is 2. The predicted molar refractivity (Wildman–Crippen MR) is 94.7 cm³/mol. The van der Waals surface area contributed by atoms with E-state index in [1.807, 2.05) is 24.3 Å². The van der Waals surface area contributed by atoms with Gasteiger partial charge in [0.1, 0.15) is 5.75 Å². The Labute approximate surface area is 151 Å². The van der Waals surface area contributed by atoms with Crippen LogP contribution in [0.5, 0.6) is 5.75 Å². The molecule has 1 aromatic carbocycles. The third kappa shape index (κ3) is 4.91. The minimum Gasteiger partial charge on any atom is -0.491 e. The molecule has 1 aliphatic rings. The number of hydrogen-bond acceptors (Lipinski definition) is 3. The van der Waals surface area contributed by atoms with E-state index in [4.69, 9.17) is 4.74 Å². The number of rotatable bonds is 5. The number of hydrogen-bond donors (Lipinski definition) is 1. The van der Waals surface area contributed by atoms with E-state index in [-0.39, 0.29) is 32.0 Å². The average molecular weight is 361 g/mol. The number of carbonyl (C=O) groups is 1. The molecule has 0 radical (unpaired) electrons. The van der Waals surface area contributed by atoms with Crippen molar-refractivity contribution in [3.05, 3.63) is 54.4 Å². The minimum atomic E-state index is -2.68. The molecule has 0 atom stereocenters. The van der Waals surface area contributed by atoms with Crippen molar-refractivity contribution in [3.63, 3.8) is 0 Å². The highest BCUT2D eigenvalue weighted by atomic mass is 19.3. The number of para-hydroxylation sites is 2. The van der Waals surface area contributed by atoms with Crippen molar-refractivity contribution in [2.45, 2.75) is 25.2 Å². The maximum Gasteiger partial charge on any atom is 0.321 e. The standard InChI is InChI=1S/C19H21F2N3O2/c20-19(21)9-12-24(13-10-19)18(25)23-16-6-1-2-7-17(16)26-14-8-15-5-3-4-11-22-15/h1-7,11H,8-10,12-14H2,(H,23,25). The molecule has 1 aliphatic heterocycles. The van der Waals surface area contributed by atoms with E-state index in [2.05, 4.69) is 10.3 Å². The lowest BCUT2D eigenvalue weighted by Gasteiger charge is -2.31. The highest BCUT2D eigenvalue weighted by molar-refractivity contribution is 5.91. The van der Waals surface area contributed by atoms with Gasteiger partial charge < -0.3 is 15.0 Å². The molecule has 2 amide bonds. The molecule has 0 bridgehead atoms. The molecule has 138 valence electrons. The largest absolute Gasteiger partial charge is 0.491 e. The molecule has 7 heteroatoms. The van der Waals surface area contributed by atoms with E-state index in [0.29, 0.717) is 24.5 Å². The number of alkyl halides is 2. The number of pyridine rings is 1. The highest BCUT2D eigenvalue weighted by Gasteiger charge is 2.35. The Hall–Kier alpha value is -2.70. The van der Waals surface area contributed by atoms with Gasteiger partial charge >= 0.3 is 6.03 Å². The molecule has 2 heterocycles. The molecule has 1 N–H and O–H groups in total. The second-order valence-electron chi connectivity index (χ2n) is 6.19. The summed E-state index contributed by atoms with van der Waals surface area (Å²) in [5, 5.41) is 2.76. The molecule has 2 aromatic rings. The van der Waals surface area contributed by atoms with Gasteiger partial charge in [-0.25, -0.2) is 13.6 Å². The summed E-state index contributed by atoms with van der Waals surface area (Å²) >= 11 is 0. The summed E-state index contributed by atoms with van der Waals surface area (Å²) in [4.78, 5) is 18.0. The van der Waals surface area contributed by atoms with Crippen LogP contribution in [0.2, 0.25) is 0 Å². The first-order chi connectivity index (χ1) is 12.5. The lowest BCUT2D eigenvalue weighted by Crippen LogP contribution is -2.44. The zero-order valence-corrected chi connectivity index (χ0v) is 14.3. The zero-order chi connectivity index (χ0) is 18.4. The smallest absolute Gasteiger partial charge is 0.321 e. The van der Waals surface area contributed by atoms with Crippen LogP contribution >= 0.6 is 0 Å². The zero-order valence-electron chi connectivity index (χ0n) is 14.3. The van der Waals surface area contributed by atoms with E-state index in [0.717, 1.165) is 5.69 Å². The summed E-state index contributed by atoms with van der Waals surface area (Å²) in [7, 11) is 0. The van der Waals surface area contributed by atoms with Crippen LogP contribution in [-0.2, 0) is 6.42 Å². The summed E-state index contributed by atoms with van der Waals surface area (Å²) in [6.07, 6.45) is 1.77. The van der Waals surface area contributed by atoms with Gasteiger partial charge in [-0.05, 0) is 24.3 Å². The monoisotopic (exact) mass is 361 g/mol. The Balaban J connectivity index is 1.56. The fraction of sp³-hybridized carbons (Fsp3) is 0.368. The summed E-state index contributed by atoms with van der Waals surface area (Å²) in [5.41, 5.74) is 1.44. The first-order valence-electron chi connectivity index (χ1n) is 8.59. The van der Waals surface area contributed by atoms with Gasteiger partial charge in [0.05, 0.1) is 12.3 Å². The van der Waals surface area contributed by atoms with Gasteiger partial charge in [-0.3, -0.25) is 4.98 Å². The SMILES string of the molecule is O=C(Nc1ccccc1OCCc1ccccn1)N1CCC(F)(F)CC1. The van der Waals surface area contributed by atoms with Crippen LogP contribution < -0.4 is 10.1 Å². The Morgan fingerprint density at radius 1 is 1.15 bits per heavy atom. The van der Waals surface area contributed by atoms with Gasteiger partial charge in [-0.2, -0.15) is 0 Å². The van der Waals surface area contributed by atoms with Crippen LogP contribution in [0.25, 0.3) is 0 Å². The number of nitrogens with zero attached hydrogens (tertiary/aromatic N) is 2. The van der Waals surface area contributed by atoms with Crippen LogP contribution in [0, 0.1) is 0 Å². The van der Waals surface area contributed by atoms with Crippen LogP contribution in [0.15, 0.2) is 48.7 Å². The Morgan fingerprint density at radius 3 is 2.62 bits per heavy atom. The van der Waals surface area contributed by atoms with Crippen LogP contribution in [0.1, 0.15) is 18.5 Å². The van der Waals surface area contributed by atoms with Crippen molar-refractivity contribution in [1.29, 1.82) is 0 Å². The fourth-order valence-corrected chi connectivity index (χ4v) is 2.74. The predicted octanol–water partition coefficient (Wildman–Crippen LogP) is 3.97. The number of urea groups is 1. The molecule has 5 nitrogen and oxygen atoms in total. The first-order valence-corrected chi connectivity index (χ1v) is 8.59. The normalized spacial score (nSPS) is 16.2. The van der Waals surface area contributed by atoms with Gasteiger partial charge in [0, 0.05) is 44.2 Å². The van der Waals surface area contributed by atoms with Crippen LogP contribution in [0.4, 0.5) is 19.3 Å². The van der Waals surface area contributed by atoms with Gasteiger partial charge in [0.25, 0.3) is 5.92 Å². The second kappa shape index (κ2) is 8.12. The highest BCUT2D eigenvalue weighted by Crippen LogP contribution is 2.29. The third-order valence-electron chi connectivity index (χ3n) is 4.25. The maximum absolute atomic E-state index is 13.2. The van der Waals surface area contributed by atoms with Crippen molar-refractivity contribution in [2.75, 3.05) is 25.0 Å². The number of likely N-dealkylation sites (tertiary alicyclic amines) is 1. The lowest BCUT2D eigenvalue weighted by atomic mass is 10.1. The number of piperidine rings is 1. The quantitative estimate of drug-likeness (QED) is 0.877. The molecule has 1 aromatic heterocycles. The number of benzene rings is 1. The summed E-state index contributed by atoms with van der Waals surface area (Å²) in [5.74, 6) is -2.14. The molecule has 1 saturated heterocycles. The number of aromatic nitrogens is 1. The number of ether oxygens (including phenoxy) is 1. The molecule has 0 aliphatic carbocycles. The molecular weight excluding hydrogens is 340 g/mol. The summed E-state index contributed by atoms with van der Waals surface area (Å²) in [6.45, 7) is 0.503. The second-order valence-corrected chi connectivity index (χ2v) is 6.19. The Morgan fingerprint density at radius 2 is 1.88 bits per heavy atom. The van der Waals surface area contributed by atoms with Gasteiger partial charge in [-0.15, -0.1) is 0 Å². The van der Waals surface area contributed by atoms with Gasteiger partial charge in [0.2, 0.25) is 0 Å². The molecule has 1 fully saturated rings. The van der Waals surface area contributed by atoms with Crippen molar-refractivity contribution in [2.24, 2.45) is 0 Å². The van der Waals surface area contributed by atoms with E-state index in [9.17, 15) is 13.6 Å². The molecule has 0 spiro atoms. The van der Waals surface area contributed by atoms with Gasteiger partial charge in [-0.1, -0.05) is 18.2 Å². The number of carbonyl (C=O) groups excluding carboxylic acids is 1. The van der Waals surface area contributed by atoms with Crippen molar-refractivity contribution >= 4 is 11.7 Å². The summed E-state index contributed by atoms with van der Waals surface area (Å²) < 4.78 is 32.2. The van der Waals surface area contributed by atoms with E-state index in [1.54, 1.807) is 24.4 Å². The molecule has 3 rings (SSSR count). The molecule has 0 unspecified atom stereocenters. The third-order valence-corrected chi connectivity index (χ3v) is 4.25. The van der Waals surface area contributed by atoms with E-state index >= 15 is 0 Å². The van der Waals surface area contributed by atoms with Crippen molar-refractivity contribution < 1.29 is 18.3 Å². The molecular formula is C19H21F2N3O2. The van der Waals surface area contributed by atoms with Crippen molar-refractivity contribution in [1.82, 2.24) is 9.88 Å².